The summed E-state index contributed by atoms with van der Waals surface area (Å²) >= 11 is 0. The number of hydrogen-bond donors (Lipinski definition) is 5. The molecule has 2 heterocycles. The van der Waals surface area contributed by atoms with Crippen molar-refractivity contribution in [3.63, 3.8) is 0 Å². The quantitative estimate of drug-likeness (QED) is 0.516. The maximum absolute atomic E-state index is 12.9. The van der Waals surface area contributed by atoms with Gasteiger partial charge in [-0.3, -0.25) is 10.1 Å². The van der Waals surface area contributed by atoms with Gasteiger partial charge in [0.25, 0.3) is 0 Å². The highest BCUT2D eigenvalue weighted by molar-refractivity contribution is 5.81. The van der Waals surface area contributed by atoms with E-state index in [1.807, 2.05) is 13.8 Å². The Labute approximate surface area is 154 Å². The minimum absolute atomic E-state index is 0.0312. The second-order valence-electron chi connectivity index (χ2n) is 7.18. The highest BCUT2D eigenvalue weighted by Crippen LogP contribution is 2.37. The van der Waals surface area contributed by atoms with Gasteiger partial charge in [0, 0.05) is 0 Å². The van der Waals surface area contributed by atoms with E-state index in [0.717, 1.165) is 12.1 Å². The van der Waals surface area contributed by atoms with Crippen molar-refractivity contribution in [2.75, 3.05) is 6.61 Å². The zero-order valence-corrected chi connectivity index (χ0v) is 14.9. The fraction of sp³-hybridized carbons (Fsp3) is 0.588. The number of aliphatic hydroxyl groups excluding tert-OH is 2. The molecule has 1 aromatic carbocycles. The first-order chi connectivity index (χ1) is 12.6. The van der Waals surface area contributed by atoms with Gasteiger partial charge >= 0.3 is 6.18 Å². The molecule has 1 aromatic rings. The minimum atomic E-state index is -4.42. The van der Waals surface area contributed by atoms with E-state index >= 15 is 0 Å². The van der Waals surface area contributed by atoms with Crippen molar-refractivity contribution in [2.45, 2.75) is 44.6 Å². The van der Waals surface area contributed by atoms with Gasteiger partial charge in [0.1, 0.15) is 0 Å². The van der Waals surface area contributed by atoms with Crippen molar-refractivity contribution < 1.29 is 28.2 Å². The highest BCUT2D eigenvalue weighted by atomic mass is 19.4. The van der Waals surface area contributed by atoms with Crippen LogP contribution in [0.3, 0.4) is 0 Å². The molecule has 1 amide bonds. The molecule has 150 valence electrons. The number of amides is 1. The molecule has 5 atom stereocenters. The molecule has 2 saturated heterocycles. The smallest absolute Gasteiger partial charge is 0.395 e. The van der Waals surface area contributed by atoms with Gasteiger partial charge in [0.15, 0.2) is 6.35 Å². The number of benzene rings is 1. The molecular weight excluding hydrogens is 365 g/mol. The first-order valence-corrected chi connectivity index (χ1v) is 8.70. The van der Waals surface area contributed by atoms with Gasteiger partial charge in [-0.1, -0.05) is 26.0 Å². The fourth-order valence-corrected chi connectivity index (χ4v) is 3.83. The lowest BCUT2D eigenvalue weighted by atomic mass is 9.92. The van der Waals surface area contributed by atoms with Crippen LogP contribution in [0.15, 0.2) is 24.3 Å². The SMILES string of the molecule is CC(C)C(c1ccc(C(F)(F)F)cc1)N1NC(CO)C2C(=O)NC(O)NC21. The van der Waals surface area contributed by atoms with Crippen LogP contribution >= 0.6 is 0 Å². The fourth-order valence-electron chi connectivity index (χ4n) is 3.83. The molecule has 2 aliphatic heterocycles. The zero-order valence-electron chi connectivity index (χ0n) is 14.9. The third kappa shape index (κ3) is 3.81. The first kappa shape index (κ1) is 20.0. The summed E-state index contributed by atoms with van der Waals surface area (Å²) in [6.45, 7) is 3.51. The average molecular weight is 388 g/mol. The maximum Gasteiger partial charge on any atom is 0.416 e. The van der Waals surface area contributed by atoms with Crippen LogP contribution in [0.5, 0.6) is 0 Å². The Balaban J connectivity index is 1.93. The van der Waals surface area contributed by atoms with Gasteiger partial charge in [-0.2, -0.15) is 13.2 Å². The molecule has 27 heavy (non-hydrogen) atoms. The summed E-state index contributed by atoms with van der Waals surface area (Å²) < 4.78 is 38.6. The number of rotatable bonds is 4. The van der Waals surface area contributed by atoms with Crippen LogP contribution in [0.4, 0.5) is 13.2 Å². The number of nitrogens with one attached hydrogen (secondary N) is 3. The largest absolute Gasteiger partial charge is 0.416 e. The third-order valence-electron chi connectivity index (χ3n) is 5.01. The summed E-state index contributed by atoms with van der Waals surface area (Å²) in [7, 11) is 0. The van der Waals surface area contributed by atoms with E-state index in [9.17, 15) is 28.2 Å². The third-order valence-corrected chi connectivity index (χ3v) is 5.01. The van der Waals surface area contributed by atoms with Crippen molar-refractivity contribution >= 4 is 5.91 Å². The number of hydrazine groups is 1. The van der Waals surface area contributed by atoms with Gasteiger partial charge in [-0.15, -0.1) is 0 Å². The van der Waals surface area contributed by atoms with Crippen molar-refractivity contribution in [2.24, 2.45) is 11.8 Å². The Morgan fingerprint density at radius 3 is 2.37 bits per heavy atom. The second-order valence-corrected chi connectivity index (χ2v) is 7.18. The number of nitrogens with zero attached hydrogens (tertiary/aromatic N) is 1. The molecule has 0 aromatic heterocycles. The molecule has 5 N–H and O–H groups in total. The Morgan fingerprint density at radius 1 is 1.22 bits per heavy atom. The van der Waals surface area contributed by atoms with Crippen molar-refractivity contribution in [3.8, 4) is 0 Å². The van der Waals surface area contributed by atoms with Crippen LogP contribution in [0.1, 0.15) is 31.0 Å². The van der Waals surface area contributed by atoms with Crippen molar-refractivity contribution in [1.82, 2.24) is 21.1 Å². The molecule has 0 radical (unpaired) electrons. The minimum Gasteiger partial charge on any atom is -0.395 e. The molecule has 0 saturated carbocycles. The summed E-state index contributed by atoms with van der Waals surface area (Å²) in [5.74, 6) is -1.10. The van der Waals surface area contributed by atoms with E-state index in [4.69, 9.17) is 0 Å². The van der Waals surface area contributed by atoms with E-state index in [1.165, 1.54) is 12.1 Å². The Hall–Kier alpha value is -1.72. The summed E-state index contributed by atoms with van der Waals surface area (Å²) in [4.78, 5) is 12.3. The lowest BCUT2D eigenvalue weighted by Gasteiger charge is -2.39. The van der Waals surface area contributed by atoms with E-state index in [2.05, 4.69) is 16.1 Å². The predicted molar refractivity (Wildman–Crippen MR) is 89.4 cm³/mol. The number of aliphatic hydroxyl groups is 2. The van der Waals surface area contributed by atoms with Gasteiger partial charge in [-0.05, 0) is 23.6 Å². The first-order valence-electron chi connectivity index (χ1n) is 8.70. The van der Waals surface area contributed by atoms with E-state index in [1.54, 1.807) is 5.01 Å². The molecule has 2 aliphatic rings. The highest BCUT2D eigenvalue weighted by Gasteiger charge is 2.51. The lowest BCUT2D eigenvalue weighted by molar-refractivity contribution is -0.138. The zero-order chi connectivity index (χ0) is 19.9. The molecule has 3 rings (SSSR count). The summed E-state index contributed by atoms with van der Waals surface area (Å²) in [6, 6.07) is 3.91. The molecule has 0 spiro atoms. The van der Waals surface area contributed by atoms with E-state index in [-0.39, 0.29) is 18.6 Å². The molecule has 7 nitrogen and oxygen atoms in total. The van der Waals surface area contributed by atoms with Crippen LogP contribution < -0.4 is 16.1 Å². The number of halogens is 3. The van der Waals surface area contributed by atoms with Gasteiger partial charge in [0.2, 0.25) is 5.91 Å². The molecule has 5 unspecified atom stereocenters. The number of carbonyl (C=O) groups excluding carboxylic acids is 1. The molecule has 10 heteroatoms. The summed E-state index contributed by atoms with van der Waals surface area (Å²) in [5, 5.41) is 26.4. The standard InChI is InChI=1S/C17H23F3N4O3/c1-8(2)13(9-3-5-10(6-4-9)17(18,19)20)24-14-12(11(7-25)23-24)15(26)22-16(27)21-14/h3-6,8,11-14,16,21,23,25,27H,7H2,1-2H3,(H,22,26). The summed E-state index contributed by atoms with van der Waals surface area (Å²) in [5.41, 5.74) is 2.98. The molecule has 2 fully saturated rings. The van der Waals surface area contributed by atoms with Crippen molar-refractivity contribution in [3.05, 3.63) is 35.4 Å². The molecular formula is C17H23F3N4O3. The van der Waals surface area contributed by atoms with Crippen LogP contribution in [0.2, 0.25) is 0 Å². The topological polar surface area (TPSA) is 96.9 Å². The summed E-state index contributed by atoms with van der Waals surface area (Å²) in [6.07, 6.45) is -6.29. The molecule has 0 bridgehead atoms. The van der Waals surface area contributed by atoms with E-state index in [0.29, 0.717) is 5.56 Å². The Kier molecular flexibility index (Phi) is 5.46. The van der Waals surface area contributed by atoms with Gasteiger partial charge in [-0.25, -0.2) is 10.4 Å². The predicted octanol–water partition coefficient (Wildman–Crippen LogP) is 0.521. The molecule has 0 aliphatic carbocycles. The number of hydrogen-bond acceptors (Lipinski definition) is 6. The average Bonchev–Trinajstić information content (AvgIpc) is 2.93. The Bertz CT molecular complexity index is 683. The second kappa shape index (κ2) is 7.36. The number of carbonyl (C=O) groups is 1. The van der Waals surface area contributed by atoms with Gasteiger partial charge < -0.3 is 15.5 Å². The number of fused-ring (bicyclic) bond motifs is 1. The van der Waals surface area contributed by atoms with Crippen LogP contribution in [0, 0.1) is 11.8 Å². The Morgan fingerprint density at radius 2 is 1.85 bits per heavy atom. The van der Waals surface area contributed by atoms with Crippen LogP contribution in [-0.4, -0.2) is 46.3 Å². The van der Waals surface area contributed by atoms with E-state index < -0.39 is 42.1 Å². The van der Waals surface area contributed by atoms with Gasteiger partial charge in [0.05, 0.1) is 36.3 Å². The van der Waals surface area contributed by atoms with Crippen molar-refractivity contribution in [1.29, 1.82) is 0 Å². The van der Waals surface area contributed by atoms with Crippen LogP contribution in [0.25, 0.3) is 0 Å². The monoisotopic (exact) mass is 388 g/mol. The number of alkyl halides is 3. The lowest BCUT2D eigenvalue weighted by Crippen LogP contribution is -2.65. The van der Waals surface area contributed by atoms with Crippen LogP contribution in [-0.2, 0) is 11.0 Å². The maximum atomic E-state index is 12.9. The normalized spacial score (nSPS) is 30.3.